The molecule has 5 nitrogen and oxygen atoms in total. The number of nitrogens with zero attached hydrogens (tertiary/aromatic N) is 2. The zero-order valence-corrected chi connectivity index (χ0v) is 15.9. The summed E-state index contributed by atoms with van der Waals surface area (Å²) in [5, 5.41) is 9.36. The molecule has 0 bridgehead atoms. The number of anilines is 1. The van der Waals surface area contributed by atoms with E-state index in [1.165, 1.54) is 5.69 Å². The maximum absolute atomic E-state index is 13.1. The second kappa shape index (κ2) is 6.55. The van der Waals surface area contributed by atoms with E-state index in [0.29, 0.717) is 24.5 Å². The SMILES string of the molecule is CC1(C)C(=O)N(CC2CCN(c3ccccc3)C2)C2=CC(C(=O)O)=CCC21. The van der Waals surface area contributed by atoms with Crippen molar-refractivity contribution in [3.05, 3.63) is 53.8 Å². The van der Waals surface area contributed by atoms with Crippen LogP contribution in [0.25, 0.3) is 0 Å². The van der Waals surface area contributed by atoms with Crippen LogP contribution in [0.3, 0.4) is 0 Å². The first kappa shape index (κ1) is 17.8. The maximum atomic E-state index is 13.1. The number of benzene rings is 1. The van der Waals surface area contributed by atoms with Crippen LogP contribution < -0.4 is 4.90 Å². The molecule has 2 heterocycles. The lowest BCUT2D eigenvalue weighted by atomic mass is 9.76. The monoisotopic (exact) mass is 366 g/mol. The fourth-order valence-corrected chi connectivity index (χ4v) is 4.68. The number of rotatable bonds is 4. The molecule has 0 spiro atoms. The van der Waals surface area contributed by atoms with Gasteiger partial charge in [0.1, 0.15) is 0 Å². The molecule has 0 radical (unpaired) electrons. The lowest BCUT2D eigenvalue weighted by Crippen LogP contribution is -2.35. The van der Waals surface area contributed by atoms with Crippen LogP contribution in [0.1, 0.15) is 26.7 Å². The smallest absolute Gasteiger partial charge is 0.335 e. The molecule has 27 heavy (non-hydrogen) atoms. The van der Waals surface area contributed by atoms with E-state index in [9.17, 15) is 14.7 Å². The van der Waals surface area contributed by atoms with Gasteiger partial charge in [-0.3, -0.25) is 4.79 Å². The largest absolute Gasteiger partial charge is 0.478 e. The summed E-state index contributed by atoms with van der Waals surface area (Å²) in [6.45, 7) is 6.55. The number of likely N-dealkylation sites (tertiary alicyclic amines) is 1. The molecule has 1 N–H and O–H groups in total. The number of allylic oxidation sites excluding steroid dienone is 2. The Morgan fingerprint density at radius 1 is 1.26 bits per heavy atom. The van der Waals surface area contributed by atoms with E-state index in [2.05, 4.69) is 17.0 Å². The first-order valence-corrected chi connectivity index (χ1v) is 9.65. The van der Waals surface area contributed by atoms with Crippen molar-refractivity contribution in [2.24, 2.45) is 17.3 Å². The van der Waals surface area contributed by atoms with Crippen molar-refractivity contribution < 1.29 is 14.7 Å². The standard InChI is InChI=1S/C22H26N2O3/c1-22(2)18-9-8-16(20(25)26)12-19(18)24(21(22)27)14-15-10-11-23(13-15)17-6-4-3-5-7-17/h3-8,12,15,18H,9-11,13-14H2,1-2H3,(H,25,26). The van der Waals surface area contributed by atoms with E-state index in [1.54, 1.807) is 12.2 Å². The number of para-hydroxylation sites is 1. The summed E-state index contributed by atoms with van der Waals surface area (Å²) >= 11 is 0. The average Bonchev–Trinajstić information content (AvgIpc) is 3.20. The van der Waals surface area contributed by atoms with Crippen LogP contribution >= 0.6 is 0 Å². The van der Waals surface area contributed by atoms with E-state index in [0.717, 1.165) is 25.2 Å². The molecule has 2 atom stereocenters. The summed E-state index contributed by atoms with van der Waals surface area (Å²) in [5.41, 5.74) is 1.93. The molecule has 142 valence electrons. The highest BCUT2D eigenvalue weighted by atomic mass is 16.4. The molecule has 2 fully saturated rings. The third-order valence-corrected chi connectivity index (χ3v) is 6.31. The lowest BCUT2D eigenvalue weighted by Gasteiger charge is -2.26. The summed E-state index contributed by atoms with van der Waals surface area (Å²) in [6.07, 6.45) is 5.12. The fraction of sp³-hybridized carbons (Fsp3) is 0.455. The van der Waals surface area contributed by atoms with Crippen LogP contribution in [0.5, 0.6) is 0 Å². The minimum absolute atomic E-state index is 0.0692. The molecule has 2 aliphatic heterocycles. The number of fused-ring (bicyclic) bond motifs is 1. The number of carboxylic acids is 1. The molecule has 1 aromatic rings. The van der Waals surface area contributed by atoms with E-state index in [-0.39, 0.29) is 11.8 Å². The Balaban J connectivity index is 1.53. The highest BCUT2D eigenvalue weighted by Gasteiger charge is 2.51. The van der Waals surface area contributed by atoms with Crippen LogP contribution in [0.15, 0.2) is 53.8 Å². The van der Waals surface area contributed by atoms with Gasteiger partial charge in [-0.05, 0) is 37.0 Å². The van der Waals surface area contributed by atoms with Gasteiger partial charge in [0.05, 0.1) is 11.0 Å². The lowest BCUT2D eigenvalue weighted by molar-refractivity contribution is -0.135. The highest BCUT2D eigenvalue weighted by Crippen LogP contribution is 2.48. The fourth-order valence-electron chi connectivity index (χ4n) is 4.68. The predicted molar refractivity (Wildman–Crippen MR) is 104 cm³/mol. The Kier molecular flexibility index (Phi) is 4.33. The van der Waals surface area contributed by atoms with Crippen molar-refractivity contribution in [3.8, 4) is 0 Å². The van der Waals surface area contributed by atoms with Gasteiger partial charge in [-0.1, -0.05) is 38.1 Å². The predicted octanol–water partition coefficient (Wildman–Crippen LogP) is 3.30. The first-order valence-electron chi connectivity index (χ1n) is 9.65. The molecule has 3 aliphatic rings. The molecule has 0 aromatic heterocycles. The Morgan fingerprint density at radius 3 is 2.70 bits per heavy atom. The Bertz CT molecular complexity index is 825. The summed E-state index contributed by atoms with van der Waals surface area (Å²) in [5.74, 6) is -0.338. The Morgan fingerprint density at radius 2 is 2.00 bits per heavy atom. The third-order valence-electron chi connectivity index (χ3n) is 6.31. The number of amides is 1. The van der Waals surface area contributed by atoms with Crippen molar-refractivity contribution in [2.45, 2.75) is 26.7 Å². The molecule has 2 unspecified atom stereocenters. The van der Waals surface area contributed by atoms with E-state index in [4.69, 9.17) is 0 Å². The van der Waals surface area contributed by atoms with Gasteiger partial charge in [-0.15, -0.1) is 0 Å². The molecule has 1 aliphatic carbocycles. The summed E-state index contributed by atoms with van der Waals surface area (Å²) in [6, 6.07) is 10.4. The van der Waals surface area contributed by atoms with Crippen LogP contribution in [0.2, 0.25) is 0 Å². The van der Waals surface area contributed by atoms with Crippen molar-refractivity contribution in [1.29, 1.82) is 0 Å². The van der Waals surface area contributed by atoms with E-state index in [1.807, 2.05) is 36.9 Å². The quantitative estimate of drug-likeness (QED) is 0.888. The summed E-state index contributed by atoms with van der Waals surface area (Å²) in [4.78, 5) is 28.8. The van der Waals surface area contributed by atoms with E-state index < -0.39 is 11.4 Å². The van der Waals surface area contributed by atoms with Gasteiger partial charge < -0.3 is 14.9 Å². The Hall–Kier alpha value is -2.56. The Labute approximate surface area is 160 Å². The molecule has 1 amide bonds. The normalized spacial score (nSPS) is 26.7. The second-order valence-corrected chi connectivity index (χ2v) is 8.40. The number of carbonyl (C=O) groups is 2. The van der Waals surface area contributed by atoms with Crippen LogP contribution in [-0.4, -0.2) is 41.5 Å². The van der Waals surface area contributed by atoms with Gasteiger partial charge in [-0.2, -0.15) is 0 Å². The van der Waals surface area contributed by atoms with Crippen molar-refractivity contribution in [1.82, 2.24) is 4.90 Å². The van der Waals surface area contributed by atoms with Gasteiger partial charge in [-0.25, -0.2) is 4.79 Å². The van der Waals surface area contributed by atoms with Gasteiger partial charge in [0.15, 0.2) is 0 Å². The maximum Gasteiger partial charge on any atom is 0.335 e. The third kappa shape index (κ3) is 3.05. The van der Waals surface area contributed by atoms with Crippen molar-refractivity contribution in [3.63, 3.8) is 0 Å². The zero-order chi connectivity index (χ0) is 19.2. The van der Waals surface area contributed by atoms with Crippen molar-refractivity contribution >= 4 is 17.6 Å². The molecule has 2 saturated heterocycles. The van der Waals surface area contributed by atoms with Crippen LogP contribution in [0, 0.1) is 17.3 Å². The number of aliphatic carboxylic acids is 1. The van der Waals surface area contributed by atoms with E-state index >= 15 is 0 Å². The molecule has 0 saturated carbocycles. The minimum Gasteiger partial charge on any atom is -0.478 e. The summed E-state index contributed by atoms with van der Waals surface area (Å²) < 4.78 is 0. The topological polar surface area (TPSA) is 60.9 Å². The van der Waals surface area contributed by atoms with Gasteiger partial charge in [0.2, 0.25) is 5.91 Å². The average molecular weight is 366 g/mol. The van der Waals surface area contributed by atoms with Gasteiger partial charge in [0, 0.05) is 36.9 Å². The second-order valence-electron chi connectivity index (χ2n) is 8.40. The number of carbonyl (C=O) groups excluding carboxylic acids is 1. The van der Waals surface area contributed by atoms with Gasteiger partial charge in [0.25, 0.3) is 0 Å². The van der Waals surface area contributed by atoms with Crippen LogP contribution in [0.4, 0.5) is 5.69 Å². The molecule has 5 heteroatoms. The molecule has 4 rings (SSSR count). The first-order chi connectivity index (χ1) is 12.9. The molecular formula is C22H26N2O3. The zero-order valence-electron chi connectivity index (χ0n) is 15.9. The number of hydrogen-bond donors (Lipinski definition) is 1. The van der Waals surface area contributed by atoms with Crippen molar-refractivity contribution in [2.75, 3.05) is 24.5 Å². The summed E-state index contributed by atoms with van der Waals surface area (Å²) in [7, 11) is 0. The molecular weight excluding hydrogens is 340 g/mol. The number of hydrogen-bond acceptors (Lipinski definition) is 3. The van der Waals surface area contributed by atoms with Crippen LogP contribution in [-0.2, 0) is 9.59 Å². The highest BCUT2D eigenvalue weighted by molar-refractivity contribution is 5.93. The van der Waals surface area contributed by atoms with Gasteiger partial charge >= 0.3 is 5.97 Å². The minimum atomic E-state index is -0.922. The number of carboxylic acid groups (broad SMARTS) is 1. The molecule has 1 aromatic carbocycles.